The molecule has 0 unspecified atom stereocenters. The second-order valence-corrected chi connectivity index (χ2v) is 6.34. The molecule has 1 aliphatic rings. The highest BCUT2D eigenvalue weighted by Crippen LogP contribution is 2.25. The van der Waals surface area contributed by atoms with Crippen LogP contribution in [0.4, 0.5) is 4.79 Å². The van der Waals surface area contributed by atoms with E-state index in [9.17, 15) is 9.59 Å². The largest absolute Gasteiger partial charge is 0.492 e. The van der Waals surface area contributed by atoms with Crippen LogP contribution in [0.5, 0.6) is 5.75 Å². The van der Waals surface area contributed by atoms with Crippen LogP contribution in [-0.4, -0.2) is 60.3 Å². The van der Waals surface area contributed by atoms with E-state index in [0.717, 1.165) is 24.2 Å². The van der Waals surface area contributed by atoms with Crippen LogP contribution in [0.3, 0.4) is 0 Å². The highest BCUT2D eigenvalue weighted by Gasteiger charge is 2.34. The number of hydrogen-bond acceptors (Lipinski definition) is 4. The molecule has 0 heterocycles. The van der Waals surface area contributed by atoms with E-state index in [0.29, 0.717) is 19.7 Å². The van der Waals surface area contributed by atoms with Crippen LogP contribution in [0.25, 0.3) is 0 Å². The van der Waals surface area contributed by atoms with E-state index < -0.39 is 5.97 Å². The van der Waals surface area contributed by atoms with Gasteiger partial charge in [0.25, 0.3) is 0 Å². The van der Waals surface area contributed by atoms with Gasteiger partial charge < -0.3 is 20.5 Å². The number of nitrogens with one attached hydrogen (secondary N) is 2. The number of carboxylic acid groups (broad SMARTS) is 1. The minimum absolute atomic E-state index is 0.0520. The standard InChI is InChI=1S/C18H27N3O4/c1-3-21(12-17(22)23)15-10-14(11-15)20-18(24)19-7-8-25-16-6-4-5-13(2)9-16/h4-6,9,14-15H,3,7-8,10-12H2,1-2H3,(H,22,23)(H2,19,20,24). The molecule has 1 saturated carbocycles. The third-order valence-electron chi connectivity index (χ3n) is 4.36. The fourth-order valence-electron chi connectivity index (χ4n) is 2.95. The molecule has 0 spiro atoms. The van der Waals surface area contributed by atoms with Crippen molar-refractivity contribution < 1.29 is 19.4 Å². The fraction of sp³-hybridized carbons (Fsp3) is 0.556. The number of likely N-dealkylation sites (N-methyl/N-ethyl adjacent to an activating group) is 1. The van der Waals surface area contributed by atoms with E-state index in [1.807, 2.05) is 43.0 Å². The zero-order valence-electron chi connectivity index (χ0n) is 14.8. The Morgan fingerprint density at radius 2 is 2.12 bits per heavy atom. The lowest BCUT2D eigenvalue weighted by molar-refractivity contribution is -0.139. The molecule has 25 heavy (non-hydrogen) atoms. The summed E-state index contributed by atoms with van der Waals surface area (Å²) in [5.41, 5.74) is 1.13. The third-order valence-corrected chi connectivity index (χ3v) is 4.36. The topological polar surface area (TPSA) is 90.9 Å². The van der Waals surface area contributed by atoms with E-state index in [1.165, 1.54) is 0 Å². The van der Waals surface area contributed by atoms with Gasteiger partial charge in [0, 0.05) is 12.1 Å². The van der Waals surface area contributed by atoms with Gasteiger partial charge in [-0.2, -0.15) is 0 Å². The minimum Gasteiger partial charge on any atom is -0.492 e. The summed E-state index contributed by atoms with van der Waals surface area (Å²) in [6.45, 7) is 5.54. The molecule has 2 amide bonds. The SMILES string of the molecule is CCN(CC(=O)O)C1CC(NC(=O)NCCOc2cccc(C)c2)C1. The number of carbonyl (C=O) groups is 2. The van der Waals surface area contributed by atoms with Gasteiger partial charge in [-0.1, -0.05) is 19.1 Å². The Kier molecular flexibility index (Phi) is 7.06. The van der Waals surface area contributed by atoms with E-state index in [-0.39, 0.29) is 24.7 Å². The first-order chi connectivity index (χ1) is 12.0. The van der Waals surface area contributed by atoms with Gasteiger partial charge in [0.05, 0.1) is 13.1 Å². The quantitative estimate of drug-likeness (QED) is 0.589. The monoisotopic (exact) mass is 349 g/mol. The number of carbonyl (C=O) groups excluding carboxylic acids is 1. The lowest BCUT2D eigenvalue weighted by Crippen LogP contribution is -2.56. The number of rotatable bonds is 9. The summed E-state index contributed by atoms with van der Waals surface area (Å²) in [6, 6.07) is 7.89. The third kappa shape index (κ3) is 6.26. The number of aliphatic carboxylic acids is 1. The summed E-state index contributed by atoms with van der Waals surface area (Å²) < 4.78 is 5.58. The maximum absolute atomic E-state index is 11.9. The van der Waals surface area contributed by atoms with E-state index in [2.05, 4.69) is 10.6 Å². The number of urea groups is 1. The summed E-state index contributed by atoms with van der Waals surface area (Å²) in [6.07, 6.45) is 1.57. The van der Waals surface area contributed by atoms with Gasteiger partial charge >= 0.3 is 12.0 Å². The Balaban J connectivity index is 1.58. The van der Waals surface area contributed by atoms with Gasteiger partial charge in [0.2, 0.25) is 0 Å². The molecule has 7 nitrogen and oxygen atoms in total. The molecule has 0 saturated heterocycles. The van der Waals surface area contributed by atoms with Crippen molar-refractivity contribution in [2.45, 2.75) is 38.8 Å². The Morgan fingerprint density at radius 1 is 1.36 bits per heavy atom. The van der Waals surface area contributed by atoms with Gasteiger partial charge in [-0.3, -0.25) is 9.69 Å². The van der Waals surface area contributed by atoms with Gasteiger partial charge in [0.1, 0.15) is 12.4 Å². The minimum atomic E-state index is -0.815. The van der Waals surface area contributed by atoms with E-state index in [4.69, 9.17) is 9.84 Å². The number of aryl methyl sites for hydroxylation is 1. The second-order valence-electron chi connectivity index (χ2n) is 6.34. The van der Waals surface area contributed by atoms with Crippen molar-refractivity contribution in [2.24, 2.45) is 0 Å². The van der Waals surface area contributed by atoms with Crippen molar-refractivity contribution in [3.8, 4) is 5.75 Å². The van der Waals surface area contributed by atoms with Crippen LogP contribution in [0, 0.1) is 6.92 Å². The first kappa shape index (κ1) is 19.1. The summed E-state index contributed by atoms with van der Waals surface area (Å²) in [5.74, 6) is -0.0215. The Bertz CT molecular complexity index is 587. The van der Waals surface area contributed by atoms with Crippen molar-refractivity contribution in [2.75, 3.05) is 26.2 Å². The Labute approximate surface area is 148 Å². The van der Waals surface area contributed by atoms with Crippen LogP contribution in [-0.2, 0) is 4.79 Å². The number of nitrogens with zero attached hydrogens (tertiary/aromatic N) is 1. The summed E-state index contributed by atoms with van der Waals surface area (Å²) in [7, 11) is 0. The zero-order valence-corrected chi connectivity index (χ0v) is 14.8. The summed E-state index contributed by atoms with van der Waals surface area (Å²) in [4.78, 5) is 24.6. The predicted octanol–water partition coefficient (Wildman–Crippen LogP) is 1.61. The highest BCUT2D eigenvalue weighted by atomic mass is 16.5. The second kappa shape index (κ2) is 9.27. The average molecular weight is 349 g/mol. The zero-order chi connectivity index (χ0) is 18.2. The molecule has 1 aromatic rings. The molecule has 2 rings (SSSR count). The van der Waals surface area contributed by atoms with Crippen molar-refractivity contribution >= 4 is 12.0 Å². The maximum atomic E-state index is 11.9. The van der Waals surface area contributed by atoms with Gasteiger partial charge in [-0.05, 0) is 44.0 Å². The van der Waals surface area contributed by atoms with Crippen molar-refractivity contribution in [3.05, 3.63) is 29.8 Å². The van der Waals surface area contributed by atoms with Gasteiger partial charge in [-0.25, -0.2) is 4.79 Å². The molecule has 0 aromatic heterocycles. The van der Waals surface area contributed by atoms with Crippen molar-refractivity contribution in [1.29, 1.82) is 0 Å². The molecule has 0 radical (unpaired) electrons. The number of hydrogen-bond donors (Lipinski definition) is 3. The molecule has 7 heteroatoms. The molecular weight excluding hydrogens is 322 g/mol. The van der Waals surface area contributed by atoms with Gasteiger partial charge in [-0.15, -0.1) is 0 Å². The first-order valence-corrected chi connectivity index (χ1v) is 8.67. The first-order valence-electron chi connectivity index (χ1n) is 8.67. The van der Waals surface area contributed by atoms with Crippen LogP contribution in [0.2, 0.25) is 0 Å². The maximum Gasteiger partial charge on any atom is 0.317 e. The molecular formula is C18H27N3O4. The molecule has 0 atom stereocenters. The molecule has 1 fully saturated rings. The van der Waals surface area contributed by atoms with Crippen molar-refractivity contribution in [1.82, 2.24) is 15.5 Å². The lowest BCUT2D eigenvalue weighted by Gasteiger charge is -2.42. The van der Waals surface area contributed by atoms with Crippen LogP contribution < -0.4 is 15.4 Å². The number of benzene rings is 1. The lowest BCUT2D eigenvalue weighted by atomic mass is 9.85. The molecule has 0 aliphatic heterocycles. The molecule has 1 aromatic carbocycles. The number of amides is 2. The Hall–Kier alpha value is -2.28. The molecule has 1 aliphatic carbocycles. The average Bonchev–Trinajstić information content (AvgIpc) is 2.52. The van der Waals surface area contributed by atoms with Crippen LogP contribution >= 0.6 is 0 Å². The number of carboxylic acids is 1. The molecule has 138 valence electrons. The van der Waals surface area contributed by atoms with Crippen LogP contribution in [0.1, 0.15) is 25.3 Å². The molecule has 3 N–H and O–H groups in total. The van der Waals surface area contributed by atoms with Crippen molar-refractivity contribution in [3.63, 3.8) is 0 Å². The summed E-state index contributed by atoms with van der Waals surface area (Å²) >= 11 is 0. The predicted molar refractivity (Wildman–Crippen MR) is 94.9 cm³/mol. The van der Waals surface area contributed by atoms with Crippen LogP contribution in [0.15, 0.2) is 24.3 Å². The van der Waals surface area contributed by atoms with Gasteiger partial charge in [0.15, 0.2) is 0 Å². The smallest absolute Gasteiger partial charge is 0.317 e. The fourth-order valence-corrected chi connectivity index (χ4v) is 2.95. The Morgan fingerprint density at radius 3 is 2.76 bits per heavy atom. The van der Waals surface area contributed by atoms with E-state index in [1.54, 1.807) is 0 Å². The molecule has 0 bridgehead atoms. The normalized spacial score (nSPS) is 19.2. The highest BCUT2D eigenvalue weighted by molar-refractivity contribution is 5.74. The van der Waals surface area contributed by atoms with E-state index >= 15 is 0 Å². The number of ether oxygens (including phenoxy) is 1. The summed E-state index contributed by atoms with van der Waals surface area (Å²) in [5, 5.41) is 14.6.